The van der Waals surface area contributed by atoms with Gasteiger partial charge in [-0.25, -0.2) is 0 Å². The molecule has 2 N–H and O–H groups in total. The standard InChI is InChI=1S/C14H24N2O2/c17-13-4-3-12(10-15-13)16-11-5-8-18-14(9-11)6-1-2-7-14/h11-12,16H,1-10H2,(H,15,17). The van der Waals surface area contributed by atoms with Gasteiger partial charge in [-0.05, 0) is 32.1 Å². The lowest BCUT2D eigenvalue weighted by Crippen LogP contribution is -2.53. The summed E-state index contributed by atoms with van der Waals surface area (Å²) in [4.78, 5) is 11.1. The van der Waals surface area contributed by atoms with Crippen molar-refractivity contribution in [3.05, 3.63) is 0 Å². The van der Waals surface area contributed by atoms with Crippen LogP contribution in [0.1, 0.15) is 51.4 Å². The third-order valence-electron chi connectivity index (χ3n) is 4.74. The van der Waals surface area contributed by atoms with Gasteiger partial charge in [-0.2, -0.15) is 0 Å². The summed E-state index contributed by atoms with van der Waals surface area (Å²) < 4.78 is 6.05. The van der Waals surface area contributed by atoms with Crippen molar-refractivity contribution in [3.8, 4) is 0 Å². The van der Waals surface area contributed by atoms with Gasteiger partial charge in [-0.1, -0.05) is 12.8 Å². The second-order valence-electron chi connectivity index (χ2n) is 6.13. The number of carbonyl (C=O) groups excluding carboxylic acids is 1. The summed E-state index contributed by atoms with van der Waals surface area (Å²) >= 11 is 0. The highest BCUT2D eigenvalue weighted by Crippen LogP contribution is 2.40. The van der Waals surface area contributed by atoms with E-state index in [1.165, 1.54) is 25.7 Å². The maximum Gasteiger partial charge on any atom is 0.220 e. The molecule has 1 amide bonds. The number of hydrogen-bond acceptors (Lipinski definition) is 3. The number of ether oxygens (including phenoxy) is 1. The van der Waals surface area contributed by atoms with Crippen LogP contribution in [-0.4, -0.2) is 36.7 Å². The van der Waals surface area contributed by atoms with Crippen molar-refractivity contribution in [2.45, 2.75) is 69.1 Å². The molecule has 2 atom stereocenters. The van der Waals surface area contributed by atoms with Gasteiger partial charge >= 0.3 is 0 Å². The predicted octanol–water partition coefficient (Wildman–Crippen LogP) is 1.35. The van der Waals surface area contributed by atoms with Gasteiger partial charge < -0.3 is 15.4 Å². The largest absolute Gasteiger partial charge is 0.375 e. The van der Waals surface area contributed by atoms with E-state index in [1.54, 1.807) is 0 Å². The van der Waals surface area contributed by atoms with Gasteiger partial charge in [0.1, 0.15) is 0 Å². The summed E-state index contributed by atoms with van der Waals surface area (Å²) in [6, 6.07) is 1.04. The van der Waals surface area contributed by atoms with E-state index in [9.17, 15) is 4.79 Å². The molecule has 1 spiro atoms. The highest BCUT2D eigenvalue weighted by Gasteiger charge is 2.40. The van der Waals surface area contributed by atoms with E-state index in [-0.39, 0.29) is 11.5 Å². The first kappa shape index (κ1) is 12.4. The Morgan fingerprint density at radius 3 is 2.78 bits per heavy atom. The Morgan fingerprint density at radius 2 is 2.06 bits per heavy atom. The number of rotatable bonds is 2. The second kappa shape index (κ2) is 5.17. The normalized spacial score (nSPS) is 35.7. The van der Waals surface area contributed by atoms with Crippen molar-refractivity contribution >= 4 is 5.91 Å². The van der Waals surface area contributed by atoms with Crippen LogP contribution in [0, 0.1) is 0 Å². The molecule has 0 radical (unpaired) electrons. The molecule has 2 saturated heterocycles. The first-order chi connectivity index (χ1) is 8.76. The molecule has 2 heterocycles. The van der Waals surface area contributed by atoms with Crippen molar-refractivity contribution in [2.75, 3.05) is 13.2 Å². The monoisotopic (exact) mass is 252 g/mol. The molecule has 0 aromatic rings. The zero-order valence-electron chi connectivity index (χ0n) is 11.0. The SMILES string of the molecule is O=C1CCC(NC2CCOC3(CCCC3)C2)CN1. The molecule has 102 valence electrons. The quantitative estimate of drug-likeness (QED) is 0.780. The molecule has 0 aromatic carbocycles. The maximum atomic E-state index is 11.1. The van der Waals surface area contributed by atoms with E-state index in [1.807, 2.05) is 0 Å². The minimum absolute atomic E-state index is 0.188. The van der Waals surface area contributed by atoms with E-state index in [0.717, 1.165) is 32.4 Å². The van der Waals surface area contributed by atoms with Gasteiger partial charge in [-0.15, -0.1) is 0 Å². The molecular weight excluding hydrogens is 228 g/mol. The molecule has 2 unspecified atom stereocenters. The highest BCUT2D eigenvalue weighted by atomic mass is 16.5. The first-order valence-electron chi connectivity index (χ1n) is 7.43. The van der Waals surface area contributed by atoms with Gasteiger partial charge in [0, 0.05) is 31.7 Å². The third kappa shape index (κ3) is 2.69. The Labute approximate surface area is 109 Å². The Bertz CT molecular complexity index is 303. The summed E-state index contributed by atoms with van der Waals surface area (Å²) in [6.07, 6.45) is 9.07. The lowest BCUT2D eigenvalue weighted by atomic mass is 9.88. The molecule has 0 bridgehead atoms. The fraction of sp³-hybridized carbons (Fsp3) is 0.929. The van der Waals surface area contributed by atoms with Gasteiger partial charge in [0.25, 0.3) is 0 Å². The lowest BCUT2D eigenvalue weighted by Gasteiger charge is -2.40. The van der Waals surface area contributed by atoms with Crippen LogP contribution in [0.4, 0.5) is 0 Å². The number of carbonyl (C=O) groups is 1. The molecule has 3 rings (SSSR count). The van der Waals surface area contributed by atoms with Crippen LogP contribution in [0.25, 0.3) is 0 Å². The Kier molecular flexibility index (Phi) is 3.57. The zero-order chi connectivity index (χ0) is 12.4. The van der Waals surface area contributed by atoms with Crippen LogP contribution < -0.4 is 10.6 Å². The van der Waals surface area contributed by atoms with E-state index < -0.39 is 0 Å². The minimum Gasteiger partial charge on any atom is -0.375 e. The summed E-state index contributed by atoms with van der Waals surface area (Å²) in [5.74, 6) is 0.201. The Hall–Kier alpha value is -0.610. The summed E-state index contributed by atoms with van der Waals surface area (Å²) in [5, 5.41) is 6.68. The van der Waals surface area contributed by atoms with Crippen LogP contribution in [-0.2, 0) is 9.53 Å². The summed E-state index contributed by atoms with van der Waals surface area (Å²) in [6.45, 7) is 1.69. The van der Waals surface area contributed by atoms with Crippen molar-refractivity contribution in [1.82, 2.24) is 10.6 Å². The van der Waals surface area contributed by atoms with E-state index in [0.29, 0.717) is 18.5 Å². The van der Waals surface area contributed by atoms with Crippen LogP contribution in [0.15, 0.2) is 0 Å². The van der Waals surface area contributed by atoms with Gasteiger partial charge in [-0.3, -0.25) is 4.79 Å². The van der Waals surface area contributed by atoms with Gasteiger partial charge in [0.15, 0.2) is 0 Å². The molecule has 1 aliphatic carbocycles. The molecular formula is C14H24N2O2. The number of amides is 1. The molecule has 18 heavy (non-hydrogen) atoms. The van der Waals surface area contributed by atoms with Gasteiger partial charge in [0.2, 0.25) is 5.91 Å². The molecule has 0 aromatic heterocycles. The molecule has 4 heteroatoms. The third-order valence-corrected chi connectivity index (χ3v) is 4.74. The van der Waals surface area contributed by atoms with E-state index in [4.69, 9.17) is 4.74 Å². The van der Waals surface area contributed by atoms with Crippen LogP contribution in [0.3, 0.4) is 0 Å². The maximum absolute atomic E-state index is 11.1. The van der Waals surface area contributed by atoms with Crippen molar-refractivity contribution in [3.63, 3.8) is 0 Å². The zero-order valence-corrected chi connectivity index (χ0v) is 11.0. The lowest BCUT2D eigenvalue weighted by molar-refractivity contribution is -0.122. The van der Waals surface area contributed by atoms with E-state index in [2.05, 4.69) is 10.6 Å². The van der Waals surface area contributed by atoms with E-state index >= 15 is 0 Å². The number of hydrogen-bond donors (Lipinski definition) is 2. The van der Waals surface area contributed by atoms with Crippen molar-refractivity contribution in [1.29, 1.82) is 0 Å². The first-order valence-corrected chi connectivity index (χ1v) is 7.43. The smallest absolute Gasteiger partial charge is 0.220 e. The predicted molar refractivity (Wildman–Crippen MR) is 69.3 cm³/mol. The Balaban J connectivity index is 1.51. The fourth-order valence-corrected chi connectivity index (χ4v) is 3.75. The number of nitrogens with one attached hydrogen (secondary N) is 2. The average Bonchev–Trinajstić information content (AvgIpc) is 2.80. The number of piperidine rings is 1. The average molecular weight is 252 g/mol. The molecule has 2 aliphatic heterocycles. The molecule has 3 aliphatic rings. The summed E-state index contributed by atoms with van der Waals surface area (Å²) in [7, 11) is 0. The fourth-order valence-electron chi connectivity index (χ4n) is 3.75. The molecule has 3 fully saturated rings. The second-order valence-corrected chi connectivity index (χ2v) is 6.13. The van der Waals surface area contributed by atoms with Crippen molar-refractivity contribution < 1.29 is 9.53 Å². The molecule has 1 saturated carbocycles. The summed E-state index contributed by atoms with van der Waals surface area (Å²) in [5.41, 5.74) is 0.188. The minimum atomic E-state index is 0.188. The topological polar surface area (TPSA) is 50.4 Å². The van der Waals surface area contributed by atoms with Crippen molar-refractivity contribution in [2.24, 2.45) is 0 Å². The molecule has 4 nitrogen and oxygen atoms in total. The van der Waals surface area contributed by atoms with Crippen LogP contribution in [0.5, 0.6) is 0 Å². The highest BCUT2D eigenvalue weighted by molar-refractivity contribution is 5.76. The van der Waals surface area contributed by atoms with Crippen LogP contribution in [0.2, 0.25) is 0 Å². The van der Waals surface area contributed by atoms with Crippen LogP contribution >= 0.6 is 0 Å². The van der Waals surface area contributed by atoms with Gasteiger partial charge in [0.05, 0.1) is 5.60 Å². The Morgan fingerprint density at radius 1 is 1.22 bits per heavy atom.